The molecule has 1 amide bonds. The SMILES string of the molecule is O=C1N[C@H](c2cccc(C#Cc3ccccc3)c2)[C@@H](c2nc(-c3ccccn3)no2)O1. The Kier molecular flexibility index (Phi) is 4.87. The molecule has 31 heavy (non-hydrogen) atoms. The Bertz CT molecular complexity index is 1280. The van der Waals surface area contributed by atoms with Gasteiger partial charge in [0.25, 0.3) is 5.89 Å². The molecule has 150 valence electrons. The van der Waals surface area contributed by atoms with E-state index in [4.69, 9.17) is 9.26 Å². The molecule has 2 aromatic carbocycles. The maximum absolute atomic E-state index is 12.0. The molecule has 0 unspecified atom stereocenters. The zero-order valence-corrected chi connectivity index (χ0v) is 16.2. The van der Waals surface area contributed by atoms with Gasteiger partial charge in [-0.1, -0.05) is 53.4 Å². The summed E-state index contributed by atoms with van der Waals surface area (Å²) in [7, 11) is 0. The number of carbonyl (C=O) groups is 1. The third-order valence-corrected chi connectivity index (χ3v) is 4.76. The van der Waals surface area contributed by atoms with E-state index in [1.54, 1.807) is 18.3 Å². The van der Waals surface area contributed by atoms with Crippen molar-refractivity contribution in [3.05, 3.63) is 102 Å². The molecule has 7 heteroatoms. The Hall–Kier alpha value is -4.44. The van der Waals surface area contributed by atoms with E-state index < -0.39 is 18.2 Å². The van der Waals surface area contributed by atoms with E-state index in [9.17, 15) is 4.79 Å². The molecule has 0 spiro atoms. The maximum atomic E-state index is 12.0. The van der Waals surface area contributed by atoms with E-state index in [0.717, 1.165) is 16.7 Å². The number of carbonyl (C=O) groups excluding carboxylic acids is 1. The Balaban J connectivity index is 1.43. The van der Waals surface area contributed by atoms with Gasteiger partial charge in [0.1, 0.15) is 11.7 Å². The average molecular weight is 408 g/mol. The van der Waals surface area contributed by atoms with Gasteiger partial charge in [-0.3, -0.25) is 4.98 Å². The largest absolute Gasteiger partial charge is 0.433 e. The number of nitrogens with one attached hydrogen (secondary N) is 1. The van der Waals surface area contributed by atoms with Crippen molar-refractivity contribution in [1.29, 1.82) is 0 Å². The topological polar surface area (TPSA) is 90.1 Å². The lowest BCUT2D eigenvalue weighted by Crippen LogP contribution is -2.19. The number of ether oxygens (including phenoxy) is 1. The molecule has 1 aliphatic heterocycles. The highest BCUT2D eigenvalue weighted by atomic mass is 16.6. The molecule has 1 fully saturated rings. The molecule has 0 radical (unpaired) electrons. The quantitative estimate of drug-likeness (QED) is 0.514. The summed E-state index contributed by atoms with van der Waals surface area (Å²) in [5.41, 5.74) is 3.15. The van der Waals surface area contributed by atoms with Crippen molar-refractivity contribution >= 4 is 6.09 Å². The van der Waals surface area contributed by atoms with Crippen LogP contribution >= 0.6 is 0 Å². The number of hydrogen-bond donors (Lipinski definition) is 1. The van der Waals surface area contributed by atoms with Gasteiger partial charge in [-0.2, -0.15) is 4.98 Å². The summed E-state index contributed by atoms with van der Waals surface area (Å²) in [5.74, 6) is 6.82. The standard InChI is InChI=1S/C24H16N4O3/c29-24-26-20(18-10-6-9-17(15-18)13-12-16-7-2-1-3-8-16)21(30-24)23-27-22(28-31-23)19-11-4-5-14-25-19/h1-11,14-15,20-21H,(H,26,29)/t20-,21+/m1/s1. The average Bonchev–Trinajstić information content (AvgIpc) is 3.46. The third-order valence-electron chi connectivity index (χ3n) is 4.76. The molecule has 4 aromatic rings. The smallest absolute Gasteiger partial charge is 0.408 e. The van der Waals surface area contributed by atoms with E-state index in [0.29, 0.717) is 11.5 Å². The van der Waals surface area contributed by atoms with Gasteiger partial charge in [-0.15, -0.1) is 0 Å². The van der Waals surface area contributed by atoms with Gasteiger partial charge >= 0.3 is 6.09 Å². The Morgan fingerprint density at radius 2 is 1.71 bits per heavy atom. The number of amides is 1. The van der Waals surface area contributed by atoms with Gasteiger partial charge in [-0.25, -0.2) is 4.79 Å². The van der Waals surface area contributed by atoms with Crippen molar-refractivity contribution in [3.63, 3.8) is 0 Å². The molecule has 3 heterocycles. The first-order chi connectivity index (χ1) is 15.3. The fraction of sp³-hybridized carbons (Fsp3) is 0.0833. The predicted molar refractivity (Wildman–Crippen MR) is 111 cm³/mol. The second-order valence-corrected chi connectivity index (χ2v) is 6.86. The second kappa shape index (κ2) is 8.13. The summed E-state index contributed by atoms with van der Waals surface area (Å²) in [6.07, 6.45) is 0.343. The Labute approximate surface area is 178 Å². The molecule has 7 nitrogen and oxygen atoms in total. The van der Waals surface area contributed by atoms with E-state index >= 15 is 0 Å². The molecule has 2 atom stereocenters. The van der Waals surface area contributed by atoms with Crippen LogP contribution in [0, 0.1) is 11.8 Å². The van der Waals surface area contributed by atoms with Crippen molar-refractivity contribution in [3.8, 4) is 23.4 Å². The van der Waals surface area contributed by atoms with Crippen LogP contribution in [-0.2, 0) is 4.74 Å². The molecule has 5 rings (SSSR count). The van der Waals surface area contributed by atoms with Crippen molar-refractivity contribution in [2.45, 2.75) is 12.1 Å². The van der Waals surface area contributed by atoms with E-state index in [1.165, 1.54) is 0 Å². The van der Waals surface area contributed by atoms with Crippen LogP contribution in [0.3, 0.4) is 0 Å². The monoisotopic (exact) mass is 408 g/mol. The van der Waals surface area contributed by atoms with Gasteiger partial charge in [-0.05, 0) is 42.0 Å². The molecular formula is C24H16N4O3. The van der Waals surface area contributed by atoms with Crippen LogP contribution in [-0.4, -0.2) is 21.2 Å². The zero-order valence-electron chi connectivity index (χ0n) is 16.2. The van der Waals surface area contributed by atoms with Gasteiger partial charge in [0.15, 0.2) is 0 Å². The lowest BCUT2D eigenvalue weighted by molar-refractivity contribution is 0.108. The van der Waals surface area contributed by atoms with Crippen molar-refractivity contribution in [1.82, 2.24) is 20.4 Å². The molecule has 0 bridgehead atoms. The number of cyclic esters (lactones) is 1. The van der Waals surface area contributed by atoms with Crippen LogP contribution in [0.25, 0.3) is 11.5 Å². The van der Waals surface area contributed by atoms with Crippen LogP contribution in [0.15, 0.2) is 83.5 Å². The number of benzene rings is 2. The van der Waals surface area contributed by atoms with Crippen LogP contribution < -0.4 is 5.32 Å². The van der Waals surface area contributed by atoms with Crippen LogP contribution in [0.1, 0.15) is 34.7 Å². The molecule has 1 aliphatic rings. The number of nitrogens with zero attached hydrogens (tertiary/aromatic N) is 3. The highest BCUT2D eigenvalue weighted by Crippen LogP contribution is 2.36. The summed E-state index contributed by atoms with van der Waals surface area (Å²) in [5, 5.41) is 6.79. The van der Waals surface area contributed by atoms with E-state index in [-0.39, 0.29) is 5.89 Å². The summed E-state index contributed by atoms with van der Waals surface area (Å²) < 4.78 is 10.8. The summed E-state index contributed by atoms with van der Waals surface area (Å²) in [6, 6.07) is 22.3. The van der Waals surface area contributed by atoms with Gasteiger partial charge in [0.2, 0.25) is 11.9 Å². The molecule has 1 N–H and O–H groups in total. The van der Waals surface area contributed by atoms with Gasteiger partial charge in [0.05, 0.1) is 0 Å². The molecule has 0 aliphatic carbocycles. The minimum absolute atomic E-state index is 0.199. The molecular weight excluding hydrogens is 392 g/mol. The van der Waals surface area contributed by atoms with Crippen molar-refractivity contribution < 1.29 is 14.1 Å². The molecule has 0 saturated carbocycles. The highest BCUT2D eigenvalue weighted by molar-refractivity contribution is 5.71. The van der Waals surface area contributed by atoms with Gasteiger partial charge < -0.3 is 14.6 Å². The second-order valence-electron chi connectivity index (χ2n) is 6.86. The fourth-order valence-electron chi connectivity index (χ4n) is 3.30. The van der Waals surface area contributed by atoms with Crippen LogP contribution in [0.2, 0.25) is 0 Å². The van der Waals surface area contributed by atoms with E-state index in [2.05, 4.69) is 32.3 Å². The number of hydrogen-bond acceptors (Lipinski definition) is 6. The van der Waals surface area contributed by atoms with Gasteiger partial charge in [0, 0.05) is 17.3 Å². The number of alkyl carbamates (subject to hydrolysis) is 1. The first-order valence-electron chi connectivity index (χ1n) is 9.65. The number of pyridine rings is 1. The summed E-state index contributed by atoms with van der Waals surface area (Å²) >= 11 is 0. The first kappa shape index (κ1) is 18.6. The zero-order chi connectivity index (χ0) is 21.0. The molecule has 1 saturated heterocycles. The molecule has 2 aromatic heterocycles. The third kappa shape index (κ3) is 4.00. The minimum atomic E-state index is -0.755. The lowest BCUT2D eigenvalue weighted by Gasteiger charge is -2.14. The fourth-order valence-corrected chi connectivity index (χ4v) is 3.30. The predicted octanol–water partition coefficient (Wildman–Crippen LogP) is 4.05. The van der Waals surface area contributed by atoms with Crippen molar-refractivity contribution in [2.75, 3.05) is 0 Å². The normalized spacial score (nSPS) is 17.4. The Morgan fingerprint density at radius 3 is 2.55 bits per heavy atom. The Morgan fingerprint density at radius 1 is 0.903 bits per heavy atom. The minimum Gasteiger partial charge on any atom is -0.433 e. The number of aromatic nitrogens is 3. The first-order valence-corrected chi connectivity index (χ1v) is 9.65. The highest BCUT2D eigenvalue weighted by Gasteiger charge is 2.40. The summed E-state index contributed by atoms with van der Waals surface area (Å²) in [6.45, 7) is 0. The lowest BCUT2D eigenvalue weighted by atomic mass is 10.00. The van der Waals surface area contributed by atoms with Crippen LogP contribution in [0.5, 0.6) is 0 Å². The maximum Gasteiger partial charge on any atom is 0.408 e. The number of rotatable bonds is 3. The van der Waals surface area contributed by atoms with Crippen molar-refractivity contribution in [2.24, 2.45) is 0 Å². The summed E-state index contributed by atoms with van der Waals surface area (Å²) in [4.78, 5) is 20.6. The van der Waals surface area contributed by atoms with E-state index in [1.807, 2.05) is 60.7 Å². The van der Waals surface area contributed by atoms with Crippen LogP contribution in [0.4, 0.5) is 4.79 Å².